The summed E-state index contributed by atoms with van der Waals surface area (Å²) in [6.07, 6.45) is 9.64. The van der Waals surface area contributed by atoms with E-state index >= 15 is 0 Å². The van der Waals surface area contributed by atoms with Gasteiger partial charge in [0.25, 0.3) is 0 Å². The Bertz CT molecular complexity index is 154. The summed E-state index contributed by atoms with van der Waals surface area (Å²) in [5.74, 6) is 2.62. The largest absolute Gasteiger partial charge is 0.385 e. The maximum atomic E-state index is 5.12. The molecule has 2 unspecified atom stereocenters. The SMILES string of the molecule is COCCC(C)CCCC(C)CCCC(C)C. The molecule has 17 heavy (non-hydrogen) atoms. The quantitative estimate of drug-likeness (QED) is 0.478. The molecule has 0 aliphatic carbocycles. The van der Waals surface area contributed by atoms with Gasteiger partial charge in [-0.15, -0.1) is 0 Å². The first-order valence-electron chi connectivity index (χ1n) is 7.55. The Morgan fingerprint density at radius 3 is 1.65 bits per heavy atom. The van der Waals surface area contributed by atoms with E-state index in [-0.39, 0.29) is 0 Å². The molecule has 0 radical (unpaired) electrons. The summed E-state index contributed by atoms with van der Waals surface area (Å²) >= 11 is 0. The lowest BCUT2D eigenvalue weighted by atomic mass is 9.93. The van der Waals surface area contributed by atoms with Crippen LogP contribution in [-0.4, -0.2) is 13.7 Å². The van der Waals surface area contributed by atoms with Crippen molar-refractivity contribution < 1.29 is 4.74 Å². The van der Waals surface area contributed by atoms with Crippen molar-refractivity contribution in [2.75, 3.05) is 13.7 Å². The molecule has 0 N–H and O–H groups in total. The molecule has 0 amide bonds. The van der Waals surface area contributed by atoms with Gasteiger partial charge in [0.2, 0.25) is 0 Å². The molecule has 104 valence electrons. The summed E-state index contributed by atoms with van der Waals surface area (Å²) in [5, 5.41) is 0. The predicted molar refractivity (Wildman–Crippen MR) is 77.4 cm³/mol. The highest BCUT2D eigenvalue weighted by molar-refractivity contribution is 4.58. The molecule has 0 aliphatic heterocycles. The van der Waals surface area contributed by atoms with Crippen molar-refractivity contribution in [2.45, 2.75) is 72.6 Å². The van der Waals surface area contributed by atoms with Crippen molar-refractivity contribution in [3.63, 3.8) is 0 Å². The van der Waals surface area contributed by atoms with Gasteiger partial charge in [0, 0.05) is 13.7 Å². The minimum Gasteiger partial charge on any atom is -0.385 e. The highest BCUT2D eigenvalue weighted by Crippen LogP contribution is 2.20. The lowest BCUT2D eigenvalue weighted by Crippen LogP contribution is -2.02. The lowest BCUT2D eigenvalue weighted by molar-refractivity contribution is 0.177. The van der Waals surface area contributed by atoms with Crippen LogP contribution in [0.2, 0.25) is 0 Å². The standard InChI is InChI=1S/C16H34O/c1-14(2)8-6-9-15(3)10-7-11-16(4)12-13-17-5/h14-16H,6-13H2,1-5H3. The Balaban J connectivity index is 3.34. The maximum Gasteiger partial charge on any atom is 0.0464 e. The molecule has 0 heterocycles. The topological polar surface area (TPSA) is 9.23 Å². The molecule has 1 nitrogen and oxygen atoms in total. The first kappa shape index (κ1) is 17.0. The minimum atomic E-state index is 0.831. The van der Waals surface area contributed by atoms with Gasteiger partial charge in [-0.05, 0) is 24.2 Å². The fraction of sp³-hybridized carbons (Fsp3) is 1.00. The van der Waals surface area contributed by atoms with Gasteiger partial charge < -0.3 is 4.74 Å². The number of rotatable bonds is 11. The molecule has 1 heteroatoms. The van der Waals surface area contributed by atoms with E-state index < -0.39 is 0 Å². The average molecular weight is 242 g/mol. The smallest absolute Gasteiger partial charge is 0.0464 e. The molecule has 0 fully saturated rings. The Morgan fingerprint density at radius 2 is 1.18 bits per heavy atom. The van der Waals surface area contributed by atoms with E-state index in [0.29, 0.717) is 0 Å². The van der Waals surface area contributed by atoms with Crippen LogP contribution in [0.5, 0.6) is 0 Å². The molecular weight excluding hydrogens is 208 g/mol. The van der Waals surface area contributed by atoms with E-state index in [1.54, 1.807) is 7.11 Å². The van der Waals surface area contributed by atoms with Gasteiger partial charge in [0.05, 0.1) is 0 Å². The molecule has 0 bridgehead atoms. The van der Waals surface area contributed by atoms with E-state index in [1.807, 2.05) is 0 Å². The molecule has 0 aromatic rings. The summed E-state index contributed by atoms with van der Waals surface area (Å²) in [4.78, 5) is 0. The molecule has 2 atom stereocenters. The summed E-state index contributed by atoms with van der Waals surface area (Å²) in [7, 11) is 1.80. The Hall–Kier alpha value is -0.0400. The van der Waals surface area contributed by atoms with Gasteiger partial charge in [-0.25, -0.2) is 0 Å². The Labute approximate surface area is 109 Å². The minimum absolute atomic E-state index is 0.831. The molecule has 0 saturated heterocycles. The second-order valence-corrected chi connectivity index (χ2v) is 6.25. The highest BCUT2D eigenvalue weighted by atomic mass is 16.5. The number of ether oxygens (including phenoxy) is 1. The zero-order valence-corrected chi connectivity index (χ0v) is 12.8. The second kappa shape index (κ2) is 11.1. The third kappa shape index (κ3) is 12.2. The van der Waals surface area contributed by atoms with Crippen LogP contribution >= 0.6 is 0 Å². The molecule has 0 aromatic heterocycles. The third-order valence-electron chi connectivity index (χ3n) is 3.69. The third-order valence-corrected chi connectivity index (χ3v) is 3.69. The number of methoxy groups -OCH3 is 1. The van der Waals surface area contributed by atoms with Crippen LogP contribution in [0.25, 0.3) is 0 Å². The molecular formula is C16H34O. The van der Waals surface area contributed by atoms with E-state index in [2.05, 4.69) is 27.7 Å². The zero-order chi connectivity index (χ0) is 13.1. The fourth-order valence-electron chi connectivity index (χ4n) is 2.30. The van der Waals surface area contributed by atoms with Crippen molar-refractivity contribution in [3.05, 3.63) is 0 Å². The maximum absolute atomic E-state index is 5.12. The summed E-state index contributed by atoms with van der Waals surface area (Å²) in [5.41, 5.74) is 0. The molecule has 0 spiro atoms. The van der Waals surface area contributed by atoms with Crippen molar-refractivity contribution in [1.82, 2.24) is 0 Å². The second-order valence-electron chi connectivity index (χ2n) is 6.25. The van der Waals surface area contributed by atoms with E-state index in [0.717, 1.165) is 24.4 Å². The van der Waals surface area contributed by atoms with Crippen LogP contribution < -0.4 is 0 Å². The molecule has 0 aliphatic rings. The number of hydrogen-bond acceptors (Lipinski definition) is 1. The Kier molecular flexibility index (Phi) is 11.0. The van der Waals surface area contributed by atoms with Crippen LogP contribution in [-0.2, 0) is 4.74 Å². The van der Waals surface area contributed by atoms with Gasteiger partial charge in [-0.1, -0.05) is 66.2 Å². The van der Waals surface area contributed by atoms with E-state index in [9.17, 15) is 0 Å². The number of hydrogen-bond donors (Lipinski definition) is 0. The molecule has 0 saturated carbocycles. The first-order chi connectivity index (χ1) is 8.06. The van der Waals surface area contributed by atoms with Gasteiger partial charge in [-0.3, -0.25) is 0 Å². The van der Waals surface area contributed by atoms with Crippen molar-refractivity contribution in [2.24, 2.45) is 17.8 Å². The van der Waals surface area contributed by atoms with Crippen LogP contribution in [0.3, 0.4) is 0 Å². The highest BCUT2D eigenvalue weighted by Gasteiger charge is 2.06. The normalized spacial score (nSPS) is 15.2. The van der Waals surface area contributed by atoms with E-state index in [1.165, 1.54) is 44.9 Å². The van der Waals surface area contributed by atoms with Crippen molar-refractivity contribution in [1.29, 1.82) is 0 Å². The van der Waals surface area contributed by atoms with Gasteiger partial charge >= 0.3 is 0 Å². The predicted octanol–water partition coefficient (Wildman–Crippen LogP) is 5.29. The van der Waals surface area contributed by atoms with Crippen molar-refractivity contribution in [3.8, 4) is 0 Å². The Morgan fingerprint density at radius 1 is 0.706 bits per heavy atom. The van der Waals surface area contributed by atoms with Gasteiger partial charge in [0.15, 0.2) is 0 Å². The zero-order valence-electron chi connectivity index (χ0n) is 12.8. The first-order valence-corrected chi connectivity index (χ1v) is 7.55. The summed E-state index contributed by atoms with van der Waals surface area (Å²) in [6, 6.07) is 0. The fourth-order valence-corrected chi connectivity index (χ4v) is 2.30. The van der Waals surface area contributed by atoms with Crippen molar-refractivity contribution >= 4 is 0 Å². The molecule has 0 rings (SSSR count). The monoisotopic (exact) mass is 242 g/mol. The van der Waals surface area contributed by atoms with Crippen LogP contribution in [0, 0.1) is 17.8 Å². The van der Waals surface area contributed by atoms with Crippen LogP contribution in [0.4, 0.5) is 0 Å². The summed E-state index contributed by atoms with van der Waals surface area (Å²) < 4.78 is 5.12. The van der Waals surface area contributed by atoms with Crippen LogP contribution in [0.1, 0.15) is 72.6 Å². The van der Waals surface area contributed by atoms with Crippen LogP contribution in [0.15, 0.2) is 0 Å². The molecule has 0 aromatic carbocycles. The summed E-state index contributed by atoms with van der Waals surface area (Å²) in [6.45, 7) is 10.3. The van der Waals surface area contributed by atoms with Gasteiger partial charge in [-0.2, -0.15) is 0 Å². The van der Waals surface area contributed by atoms with E-state index in [4.69, 9.17) is 4.74 Å². The average Bonchev–Trinajstić information content (AvgIpc) is 2.25. The lowest BCUT2D eigenvalue weighted by Gasteiger charge is -2.14. The van der Waals surface area contributed by atoms with Gasteiger partial charge in [0.1, 0.15) is 0 Å².